The standard InChI is InChI=1S/C22H36N2OS/c1-5-16(6-2)19-14-17(7-3)21(18(8-4)15-19)24(26)22(25)23-20-12-10-9-11-13-20/h14-16,20,26H,5-13H2,1-4H3,(H,23,25). The zero-order valence-corrected chi connectivity index (χ0v) is 17.9. The summed E-state index contributed by atoms with van der Waals surface area (Å²) in [7, 11) is 0. The van der Waals surface area contributed by atoms with E-state index in [1.54, 1.807) is 4.31 Å². The van der Waals surface area contributed by atoms with Crippen LogP contribution in [0, 0.1) is 0 Å². The van der Waals surface area contributed by atoms with Crippen LogP contribution in [0.4, 0.5) is 10.5 Å². The summed E-state index contributed by atoms with van der Waals surface area (Å²) in [5, 5.41) is 3.19. The smallest absolute Gasteiger partial charge is 0.332 e. The lowest BCUT2D eigenvalue weighted by atomic mass is 9.89. The van der Waals surface area contributed by atoms with Crippen LogP contribution < -0.4 is 9.62 Å². The maximum absolute atomic E-state index is 12.8. The Morgan fingerprint density at radius 3 is 2.08 bits per heavy atom. The van der Waals surface area contributed by atoms with E-state index in [2.05, 4.69) is 58.0 Å². The van der Waals surface area contributed by atoms with Gasteiger partial charge >= 0.3 is 6.03 Å². The van der Waals surface area contributed by atoms with Crippen LogP contribution in [-0.4, -0.2) is 12.1 Å². The molecule has 0 spiro atoms. The molecule has 1 fully saturated rings. The van der Waals surface area contributed by atoms with E-state index in [9.17, 15) is 4.79 Å². The summed E-state index contributed by atoms with van der Waals surface area (Å²) in [6, 6.07) is 4.80. The Balaban J connectivity index is 2.29. The van der Waals surface area contributed by atoms with Gasteiger partial charge in [0, 0.05) is 6.04 Å². The molecule has 0 bridgehead atoms. The van der Waals surface area contributed by atoms with E-state index < -0.39 is 0 Å². The van der Waals surface area contributed by atoms with Gasteiger partial charge in [0.1, 0.15) is 0 Å². The van der Waals surface area contributed by atoms with E-state index >= 15 is 0 Å². The van der Waals surface area contributed by atoms with E-state index in [1.165, 1.54) is 36.0 Å². The molecule has 1 saturated carbocycles. The van der Waals surface area contributed by atoms with Crippen LogP contribution in [0.5, 0.6) is 0 Å². The second-order valence-corrected chi connectivity index (χ2v) is 7.90. The molecule has 0 aromatic heterocycles. The molecule has 1 aliphatic rings. The summed E-state index contributed by atoms with van der Waals surface area (Å²) in [6.07, 6.45) is 9.99. The monoisotopic (exact) mass is 376 g/mol. The largest absolute Gasteiger partial charge is 0.334 e. The van der Waals surface area contributed by atoms with Crippen molar-refractivity contribution in [2.45, 2.75) is 97.4 Å². The Kier molecular flexibility index (Phi) is 8.33. The molecule has 0 radical (unpaired) electrons. The van der Waals surface area contributed by atoms with E-state index in [1.807, 2.05) is 0 Å². The van der Waals surface area contributed by atoms with Gasteiger partial charge in [0.05, 0.1) is 5.69 Å². The number of rotatable bonds is 7. The van der Waals surface area contributed by atoms with Gasteiger partial charge in [-0.3, -0.25) is 0 Å². The molecule has 3 nitrogen and oxygen atoms in total. The second kappa shape index (κ2) is 10.2. The average molecular weight is 377 g/mol. The Labute approximate surface area is 165 Å². The maximum atomic E-state index is 12.8. The van der Waals surface area contributed by atoms with Crippen molar-refractivity contribution < 1.29 is 4.79 Å². The van der Waals surface area contributed by atoms with Crippen LogP contribution in [0.2, 0.25) is 0 Å². The number of anilines is 1. The molecule has 4 heteroatoms. The van der Waals surface area contributed by atoms with Gasteiger partial charge in [0.15, 0.2) is 0 Å². The van der Waals surface area contributed by atoms with Gasteiger partial charge in [-0.2, -0.15) is 0 Å². The van der Waals surface area contributed by atoms with Gasteiger partial charge in [-0.25, -0.2) is 9.10 Å². The SMILES string of the molecule is CCc1cc(C(CC)CC)cc(CC)c1N(S)C(=O)NC1CCCCC1. The number of aryl methyl sites for hydroxylation is 2. The first-order chi connectivity index (χ1) is 12.5. The van der Waals surface area contributed by atoms with Crippen molar-refractivity contribution in [1.82, 2.24) is 5.32 Å². The molecule has 146 valence electrons. The highest BCUT2D eigenvalue weighted by Gasteiger charge is 2.23. The van der Waals surface area contributed by atoms with Gasteiger partial charge in [-0.1, -0.05) is 71.9 Å². The van der Waals surface area contributed by atoms with Crippen LogP contribution in [-0.2, 0) is 12.8 Å². The molecule has 0 unspecified atom stereocenters. The summed E-state index contributed by atoms with van der Waals surface area (Å²) in [6.45, 7) is 8.83. The van der Waals surface area contributed by atoms with E-state index in [0.29, 0.717) is 12.0 Å². The summed E-state index contributed by atoms with van der Waals surface area (Å²) in [4.78, 5) is 12.8. The van der Waals surface area contributed by atoms with E-state index in [-0.39, 0.29) is 6.03 Å². The lowest BCUT2D eigenvalue weighted by Gasteiger charge is -2.28. The lowest BCUT2D eigenvalue weighted by Crippen LogP contribution is -2.42. The molecule has 1 aromatic rings. The maximum Gasteiger partial charge on any atom is 0.332 e. The molecule has 2 rings (SSSR count). The number of hydrogen-bond donors (Lipinski definition) is 2. The third-order valence-electron chi connectivity index (χ3n) is 5.85. The van der Waals surface area contributed by atoms with Crippen LogP contribution in [0.25, 0.3) is 0 Å². The highest BCUT2D eigenvalue weighted by atomic mass is 32.1. The zero-order chi connectivity index (χ0) is 19.1. The van der Waals surface area contributed by atoms with Crippen LogP contribution in [0.3, 0.4) is 0 Å². The number of thiol groups is 1. The Morgan fingerprint density at radius 2 is 1.62 bits per heavy atom. The number of carbonyl (C=O) groups excluding carboxylic acids is 1. The predicted molar refractivity (Wildman–Crippen MR) is 115 cm³/mol. The predicted octanol–water partition coefficient (Wildman–Crippen LogP) is 6.41. The van der Waals surface area contributed by atoms with Gasteiger partial charge in [0.2, 0.25) is 0 Å². The van der Waals surface area contributed by atoms with Crippen molar-refractivity contribution in [3.63, 3.8) is 0 Å². The van der Waals surface area contributed by atoms with Crippen molar-refractivity contribution in [3.8, 4) is 0 Å². The fourth-order valence-electron chi connectivity index (χ4n) is 4.18. The highest BCUT2D eigenvalue weighted by Crippen LogP contribution is 2.34. The summed E-state index contributed by atoms with van der Waals surface area (Å²) in [5.41, 5.74) is 4.84. The molecule has 0 saturated heterocycles. The number of nitrogens with one attached hydrogen (secondary N) is 1. The number of amides is 2. The first-order valence-electron chi connectivity index (χ1n) is 10.5. The summed E-state index contributed by atoms with van der Waals surface area (Å²) >= 11 is 4.61. The quantitative estimate of drug-likeness (QED) is 0.530. The molecule has 0 heterocycles. The molecule has 2 amide bonds. The minimum atomic E-state index is -0.0834. The third-order valence-corrected chi connectivity index (χ3v) is 6.23. The molecular formula is C22H36N2OS. The highest BCUT2D eigenvalue weighted by molar-refractivity contribution is 7.82. The first-order valence-corrected chi connectivity index (χ1v) is 10.9. The van der Waals surface area contributed by atoms with Gasteiger partial charge in [0.25, 0.3) is 0 Å². The number of urea groups is 1. The van der Waals surface area contributed by atoms with E-state index in [0.717, 1.165) is 44.2 Å². The van der Waals surface area contributed by atoms with Gasteiger partial charge in [-0.05, 0) is 61.1 Å². The second-order valence-electron chi connectivity index (χ2n) is 7.50. The normalized spacial score (nSPS) is 15.3. The summed E-state index contributed by atoms with van der Waals surface area (Å²) < 4.78 is 1.56. The van der Waals surface area contributed by atoms with Crippen molar-refractivity contribution in [2.24, 2.45) is 0 Å². The van der Waals surface area contributed by atoms with Crippen LogP contribution in [0.15, 0.2) is 12.1 Å². The minimum Gasteiger partial charge on any atom is -0.334 e. The third kappa shape index (κ3) is 4.97. The average Bonchev–Trinajstić information content (AvgIpc) is 2.68. The van der Waals surface area contributed by atoms with Crippen molar-refractivity contribution in [1.29, 1.82) is 0 Å². The molecule has 1 aromatic carbocycles. The molecule has 1 N–H and O–H groups in total. The minimum absolute atomic E-state index is 0.0834. The van der Waals surface area contributed by atoms with Crippen molar-refractivity contribution in [2.75, 3.05) is 4.31 Å². The molecule has 0 atom stereocenters. The van der Waals surface area contributed by atoms with Crippen molar-refractivity contribution in [3.05, 3.63) is 28.8 Å². The number of carbonyl (C=O) groups is 1. The molecule has 26 heavy (non-hydrogen) atoms. The van der Waals surface area contributed by atoms with Crippen LogP contribution in [0.1, 0.15) is 95.2 Å². The number of hydrogen-bond acceptors (Lipinski definition) is 2. The number of benzene rings is 1. The van der Waals surface area contributed by atoms with Gasteiger partial charge in [-0.15, -0.1) is 0 Å². The zero-order valence-electron chi connectivity index (χ0n) is 17.0. The molecular weight excluding hydrogens is 340 g/mol. The van der Waals surface area contributed by atoms with Gasteiger partial charge < -0.3 is 5.32 Å². The van der Waals surface area contributed by atoms with Crippen molar-refractivity contribution >= 4 is 24.5 Å². The number of nitrogens with zero attached hydrogens (tertiary/aromatic N) is 1. The fraction of sp³-hybridized carbons (Fsp3) is 0.682. The fourth-order valence-corrected chi connectivity index (χ4v) is 4.49. The Hall–Kier alpha value is -1.16. The Bertz CT molecular complexity index is 567. The summed E-state index contributed by atoms with van der Waals surface area (Å²) in [5.74, 6) is 0.587. The molecule has 1 aliphatic carbocycles. The molecule has 0 aliphatic heterocycles. The lowest BCUT2D eigenvalue weighted by molar-refractivity contribution is 0.242. The Morgan fingerprint density at radius 1 is 1.08 bits per heavy atom. The topological polar surface area (TPSA) is 32.3 Å². The van der Waals surface area contributed by atoms with E-state index in [4.69, 9.17) is 0 Å². The van der Waals surface area contributed by atoms with Crippen LogP contribution >= 0.6 is 12.8 Å². The first kappa shape index (κ1) is 21.1.